The first-order valence-corrected chi connectivity index (χ1v) is 8.18. The van der Waals surface area contributed by atoms with Gasteiger partial charge in [0.25, 0.3) is 0 Å². The smallest absolute Gasteiger partial charge is 0.161 e. The summed E-state index contributed by atoms with van der Waals surface area (Å²) in [7, 11) is 1.64. The highest BCUT2D eigenvalue weighted by atomic mass is 16.5. The molecule has 1 unspecified atom stereocenters. The van der Waals surface area contributed by atoms with Crippen LogP contribution in [0.15, 0.2) is 42.7 Å². The average Bonchev–Trinajstić information content (AvgIpc) is 3.09. The second kappa shape index (κ2) is 7.47. The lowest BCUT2D eigenvalue weighted by molar-refractivity contribution is 0.174. The Morgan fingerprint density at radius 2 is 1.87 bits per heavy atom. The van der Waals surface area contributed by atoms with Gasteiger partial charge in [0, 0.05) is 18.8 Å². The van der Waals surface area contributed by atoms with Crippen LogP contribution in [0.3, 0.4) is 0 Å². The molecule has 1 aromatic heterocycles. The van der Waals surface area contributed by atoms with Crippen molar-refractivity contribution in [2.45, 2.75) is 44.3 Å². The zero-order valence-corrected chi connectivity index (χ0v) is 13.4. The SMILES string of the molecule is COc1ccc(C(O)Cc2ccncc2)cc1OC1CCCC1. The lowest BCUT2D eigenvalue weighted by Crippen LogP contribution is -2.12. The van der Waals surface area contributed by atoms with Gasteiger partial charge in [0.15, 0.2) is 11.5 Å². The molecule has 0 saturated heterocycles. The van der Waals surface area contributed by atoms with Gasteiger partial charge in [-0.1, -0.05) is 6.07 Å². The third-order valence-corrected chi connectivity index (χ3v) is 4.35. The molecular formula is C19H23NO3. The summed E-state index contributed by atoms with van der Waals surface area (Å²) in [6.45, 7) is 0. The predicted molar refractivity (Wildman–Crippen MR) is 88.8 cm³/mol. The largest absolute Gasteiger partial charge is 0.493 e. The van der Waals surface area contributed by atoms with Gasteiger partial charge in [0.2, 0.25) is 0 Å². The molecule has 0 amide bonds. The summed E-state index contributed by atoms with van der Waals surface area (Å²) in [5.74, 6) is 1.45. The fourth-order valence-corrected chi connectivity index (χ4v) is 3.04. The first kappa shape index (κ1) is 15.8. The maximum Gasteiger partial charge on any atom is 0.161 e. The van der Waals surface area contributed by atoms with Crippen molar-refractivity contribution in [1.29, 1.82) is 0 Å². The zero-order chi connectivity index (χ0) is 16.1. The standard InChI is InChI=1S/C19H23NO3/c1-22-18-7-6-15(13-19(18)23-16-4-2-3-5-16)17(21)12-14-8-10-20-11-9-14/h6-11,13,16-17,21H,2-5,12H2,1H3. The third-order valence-electron chi connectivity index (χ3n) is 4.35. The molecule has 1 heterocycles. The number of aliphatic hydroxyl groups excluding tert-OH is 1. The minimum atomic E-state index is -0.575. The predicted octanol–water partition coefficient (Wildman–Crippen LogP) is 3.69. The highest BCUT2D eigenvalue weighted by Crippen LogP contribution is 2.34. The van der Waals surface area contributed by atoms with E-state index in [0.717, 1.165) is 35.5 Å². The van der Waals surface area contributed by atoms with Gasteiger partial charge in [-0.15, -0.1) is 0 Å². The van der Waals surface area contributed by atoms with Crippen LogP contribution in [0.4, 0.5) is 0 Å². The van der Waals surface area contributed by atoms with Gasteiger partial charge in [-0.05, 0) is 61.1 Å². The molecule has 0 bridgehead atoms. The van der Waals surface area contributed by atoms with E-state index < -0.39 is 6.10 Å². The van der Waals surface area contributed by atoms with E-state index >= 15 is 0 Å². The van der Waals surface area contributed by atoms with Gasteiger partial charge in [-0.2, -0.15) is 0 Å². The van der Waals surface area contributed by atoms with Crippen molar-refractivity contribution in [3.8, 4) is 11.5 Å². The molecule has 122 valence electrons. The Hall–Kier alpha value is -2.07. The van der Waals surface area contributed by atoms with E-state index in [-0.39, 0.29) is 6.10 Å². The quantitative estimate of drug-likeness (QED) is 0.883. The van der Waals surface area contributed by atoms with Crippen molar-refractivity contribution in [2.75, 3.05) is 7.11 Å². The monoisotopic (exact) mass is 313 g/mol. The number of aromatic nitrogens is 1. The van der Waals surface area contributed by atoms with Crippen LogP contribution in [0.25, 0.3) is 0 Å². The fourth-order valence-electron chi connectivity index (χ4n) is 3.04. The topological polar surface area (TPSA) is 51.6 Å². The first-order chi connectivity index (χ1) is 11.3. The summed E-state index contributed by atoms with van der Waals surface area (Å²) in [5, 5.41) is 10.5. The summed E-state index contributed by atoms with van der Waals surface area (Å²) in [6, 6.07) is 9.51. The molecule has 1 aliphatic carbocycles. The molecule has 1 atom stereocenters. The molecule has 1 N–H and O–H groups in total. The van der Waals surface area contributed by atoms with Crippen LogP contribution in [-0.2, 0) is 6.42 Å². The highest BCUT2D eigenvalue weighted by molar-refractivity contribution is 5.44. The third kappa shape index (κ3) is 4.02. The highest BCUT2D eigenvalue weighted by Gasteiger charge is 2.19. The van der Waals surface area contributed by atoms with Gasteiger partial charge in [0.1, 0.15) is 0 Å². The van der Waals surface area contributed by atoms with E-state index in [1.54, 1.807) is 19.5 Å². The Balaban J connectivity index is 1.76. The lowest BCUT2D eigenvalue weighted by Gasteiger charge is -2.18. The molecule has 4 heteroatoms. The maximum atomic E-state index is 10.5. The lowest BCUT2D eigenvalue weighted by atomic mass is 10.0. The minimum Gasteiger partial charge on any atom is -0.493 e. The number of nitrogens with zero attached hydrogens (tertiary/aromatic N) is 1. The number of hydrogen-bond donors (Lipinski definition) is 1. The molecule has 0 radical (unpaired) electrons. The van der Waals surface area contributed by atoms with Crippen LogP contribution in [-0.4, -0.2) is 23.3 Å². The van der Waals surface area contributed by atoms with E-state index in [1.165, 1.54) is 12.8 Å². The van der Waals surface area contributed by atoms with Crippen LogP contribution < -0.4 is 9.47 Å². The molecule has 0 spiro atoms. The minimum absolute atomic E-state index is 0.261. The molecule has 2 aromatic rings. The van der Waals surface area contributed by atoms with Crippen LogP contribution in [0.2, 0.25) is 0 Å². The van der Waals surface area contributed by atoms with Gasteiger partial charge in [-0.25, -0.2) is 0 Å². The van der Waals surface area contributed by atoms with Crippen LogP contribution >= 0.6 is 0 Å². The van der Waals surface area contributed by atoms with E-state index in [9.17, 15) is 5.11 Å². The summed E-state index contributed by atoms with van der Waals surface area (Å²) in [6.07, 6.45) is 8.34. The van der Waals surface area contributed by atoms with Crippen molar-refractivity contribution < 1.29 is 14.6 Å². The summed E-state index contributed by atoms with van der Waals surface area (Å²) >= 11 is 0. The molecule has 1 fully saturated rings. The Bertz CT molecular complexity index is 624. The van der Waals surface area contributed by atoms with Gasteiger partial charge >= 0.3 is 0 Å². The molecule has 0 aliphatic heterocycles. The van der Waals surface area contributed by atoms with Crippen LogP contribution in [0.5, 0.6) is 11.5 Å². The Morgan fingerprint density at radius 1 is 1.13 bits per heavy atom. The Morgan fingerprint density at radius 3 is 2.57 bits per heavy atom. The number of ether oxygens (including phenoxy) is 2. The molecule has 1 aromatic carbocycles. The zero-order valence-electron chi connectivity index (χ0n) is 13.4. The van der Waals surface area contributed by atoms with E-state index in [0.29, 0.717) is 6.42 Å². The van der Waals surface area contributed by atoms with Crippen molar-refractivity contribution in [2.24, 2.45) is 0 Å². The number of hydrogen-bond acceptors (Lipinski definition) is 4. The summed E-state index contributed by atoms with van der Waals surface area (Å²) in [5.41, 5.74) is 1.90. The van der Waals surface area contributed by atoms with Crippen molar-refractivity contribution >= 4 is 0 Å². The summed E-state index contributed by atoms with van der Waals surface area (Å²) in [4.78, 5) is 4.00. The fraction of sp³-hybridized carbons (Fsp3) is 0.421. The average molecular weight is 313 g/mol. The molecule has 4 nitrogen and oxygen atoms in total. The number of aliphatic hydroxyl groups is 1. The second-order valence-electron chi connectivity index (χ2n) is 6.01. The van der Waals surface area contributed by atoms with Crippen LogP contribution in [0, 0.1) is 0 Å². The van der Waals surface area contributed by atoms with Gasteiger partial charge < -0.3 is 14.6 Å². The Kier molecular flexibility index (Phi) is 5.13. The van der Waals surface area contributed by atoms with E-state index in [1.807, 2.05) is 30.3 Å². The van der Waals surface area contributed by atoms with E-state index in [2.05, 4.69) is 4.98 Å². The number of rotatable bonds is 6. The maximum absolute atomic E-state index is 10.5. The first-order valence-electron chi connectivity index (χ1n) is 8.18. The number of benzene rings is 1. The molecule has 1 saturated carbocycles. The normalized spacial score (nSPS) is 16.3. The van der Waals surface area contributed by atoms with Crippen molar-refractivity contribution in [3.05, 3.63) is 53.9 Å². The Labute approximate surface area is 137 Å². The molecule has 3 rings (SSSR count). The van der Waals surface area contributed by atoms with Gasteiger partial charge in [-0.3, -0.25) is 4.98 Å². The number of pyridine rings is 1. The second-order valence-corrected chi connectivity index (χ2v) is 6.01. The van der Waals surface area contributed by atoms with Crippen LogP contribution in [0.1, 0.15) is 42.9 Å². The molecule has 1 aliphatic rings. The number of methoxy groups -OCH3 is 1. The molecule has 23 heavy (non-hydrogen) atoms. The van der Waals surface area contributed by atoms with Gasteiger partial charge in [0.05, 0.1) is 19.3 Å². The summed E-state index contributed by atoms with van der Waals surface area (Å²) < 4.78 is 11.5. The van der Waals surface area contributed by atoms with Crippen molar-refractivity contribution in [3.63, 3.8) is 0 Å². The van der Waals surface area contributed by atoms with Crippen molar-refractivity contribution in [1.82, 2.24) is 4.98 Å². The molecular weight excluding hydrogens is 290 g/mol. The van der Waals surface area contributed by atoms with E-state index in [4.69, 9.17) is 9.47 Å².